The molecule has 0 bridgehead atoms. The van der Waals surface area contributed by atoms with E-state index in [1.54, 1.807) is 18.2 Å². The minimum Gasteiger partial charge on any atom is -0.353 e. The number of alkyl halides is 3. The predicted octanol–water partition coefficient (Wildman–Crippen LogP) is 4.43. The first kappa shape index (κ1) is 18.6. The highest BCUT2D eigenvalue weighted by atomic mass is 19.4. The molecule has 0 fully saturated rings. The first-order chi connectivity index (χ1) is 12.9. The lowest BCUT2D eigenvalue weighted by molar-refractivity contribution is -0.137. The summed E-state index contributed by atoms with van der Waals surface area (Å²) in [5, 5.41) is 13.2. The molecule has 27 heavy (non-hydrogen) atoms. The summed E-state index contributed by atoms with van der Waals surface area (Å²) >= 11 is 0. The van der Waals surface area contributed by atoms with Gasteiger partial charge in [0.05, 0.1) is 11.8 Å². The molecule has 0 aliphatic rings. The molecule has 0 atom stereocenters. The molecule has 1 heterocycles. The molecule has 0 aliphatic heterocycles. The van der Waals surface area contributed by atoms with E-state index in [2.05, 4.69) is 25.8 Å². The highest BCUT2D eigenvalue weighted by molar-refractivity contribution is 5.57. The molecule has 0 saturated carbocycles. The van der Waals surface area contributed by atoms with E-state index in [1.165, 1.54) is 24.4 Å². The van der Waals surface area contributed by atoms with Gasteiger partial charge in [-0.25, -0.2) is 4.39 Å². The Kier molecular flexibility index (Phi) is 5.49. The number of hydrogen-bond donors (Lipinski definition) is 2. The van der Waals surface area contributed by atoms with Gasteiger partial charge in [-0.1, -0.05) is 24.3 Å². The molecule has 0 saturated heterocycles. The highest BCUT2D eigenvalue weighted by Crippen LogP contribution is 2.31. The summed E-state index contributed by atoms with van der Waals surface area (Å²) in [5.41, 5.74) is 0.0107. The number of benzene rings is 2. The van der Waals surface area contributed by atoms with Crippen LogP contribution in [0.3, 0.4) is 0 Å². The lowest BCUT2D eigenvalue weighted by Crippen LogP contribution is -2.10. The molecule has 2 N–H and O–H groups in total. The number of halogens is 4. The minimum atomic E-state index is -4.43. The third kappa shape index (κ3) is 5.13. The van der Waals surface area contributed by atoms with E-state index in [0.717, 1.165) is 12.1 Å². The van der Waals surface area contributed by atoms with Crippen molar-refractivity contribution in [3.05, 3.63) is 71.7 Å². The van der Waals surface area contributed by atoms with E-state index in [1.807, 2.05) is 0 Å². The van der Waals surface area contributed by atoms with Crippen molar-refractivity contribution in [2.75, 3.05) is 17.2 Å². The van der Waals surface area contributed by atoms with Crippen LogP contribution in [0.2, 0.25) is 0 Å². The van der Waals surface area contributed by atoms with Crippen molar-refractivity contribution in [2.24, 2.45) is 0 Å². The second-order valence-corrected chi connectivity index (χ2v) is 5.64. The molecule has 2 aromatic carbocycles. The molecule has 0 spiro atoms. The van der Waals surface area contributed by atoms with Crippen molar-refractivity contribution >= 4 is 17.5 Å². The molecule has 140 valence electrons. The molecule has 0 unspecified atom stereocenters. The van der Waals surface area contributed by atoms with Crippen LogP contribution in [0, 0.1) is 5.82 Å². The van der Waals surface area contributed by atoms with Crippen LogP contribution in [-0.4, -0.2) is 21.7 Å². The monoisotopic (exact) mass is 377 g/mol. The smallest absolute Gasteiger partial charge is 0.353 e. The average Bonchev–Trinajstić information content (AvgIpc) is 2.63. The zero-order valence-corrected chi connectivity index (χ0v) is 14.0. The largest absolute Gasteiger partial charge is 0.416 e. The molecule has 3 aromatic rings. The number of hydrogen-bond acceptors (Lipinski definition) is 5. The maximum atomic E-state index is 13.6. The maximum Gasteiger partial charge on any atom is 0.416 e. The number of anilines is 3. The van der Waals surface area contributed by atoms with Crippen molar-refractivity contribution in [3.8, 4) is 0 Å². The number of nitrogens with one attached hydrogen (secondary N) is 2. The quantitative estimate of drug-likeness (QED) is 0.623. The van der Waals surface area contributed by atoms with Gasteiger partial charge in [0.2, 0.25) is 5.95 Å². The summed E-state index contributed by atoms with van der Waals surface area (Å²) in [6, 6.07) is 11.2. The van der Waals surface area contributed by atoms with Gasteiger partial charge in [-0.05, 0) is 36.2 Å². The molecular formula is C18H15F4N5. The van der Waals surface area contributed by atoms with Gasteiger partial charge in [0.1, 0.15) is 5.82 Å². The summed E-state index contributed by atoms with van der Waals surface area (Å²) in [7, 11) is 0. The Bertz CT molecular complexity index is 914. The average molecular weight is 377 g/mol. The SMILES string of the molecule is Fc1ccccc1CCNc1nncc(Nc2cccc(C(F)(F)F)c2)n1. The standard InChI is InChI=1S/C18H15F4N5/c19-15-7-2-1-4-12(15)8-9-23-17-26-16(11-24-27-17)25-14-6-3-5-13(10-14)18(20,21)22/h1-7,10-11H,8-9H2,(H2,23,25,26,27). The van der Waals surface area contributed by atoms with Crippen molar-refractivity contribution in [2.45, 2.75) is 12.6 Å². The lowest BCUT2D eigenvalue weighted by atomic mass is 10.1. The van der Waals surface area contributed by atoms with Gasteiger partial charge in [0.15, 0.2) is 5.82 Å². The van der Waals surface area contributed by atoms with Crippen molar-refractivity contribution < 1.29 is 17.6 Å². The van der Waals surface area contributed by atoms with Gasteiger partial charge >= 0.3 is 6.18 Å². The summed E-state index contributed by atoms with van der Waals surface area (Å²) in [5.74, 6) is 0.124. The van der Waals surface area contributed by atoms with E-state index in [-0.39, 0.29) is 23.3 Å². The summed E-state index contributed by atoms with van der Waals surface area (Å²) in [4.78, 5) is 4.14. The summed E-state index contributed by atoms with van der Waals surface area (Å²) in [6.45, 7) is 0.371. The topological polar surface area (TPSA) is 62.7 Å². The number of nitrogens with zero attached hydrogens (tertiary/aromatic N) is 3. The van der Waals surface area contributed by atoms with Gasteiger partial charge in [0, 0.05) is 12.2 Å². The molecular weight excluding hydrogens is 362 g/mol. The summed E-state index contributed by atoms with van der Waals surface area (Å²) in [6.07, 6.45) is -2.72. The zero-order chi connectivity index (χ0) is 19.3. The second kappa shape index (κ2) is 7.98. The van der Waals surface area contributed by atoms with Crippen LogP contribution in [0.25, 0.3) is 0 Å². The Hall–Kier alpha value is -3.23. The molecule has 0 radical (unpaired) electrons. The third-order valence-corrected chi connectivity index (χ3v) is 3.66. The molecule has 3 rings (SSSR count). The minimum absolute atomic E-state index is 0.184. The van der Waals surface area contributed by atoms with Crippen LogP contribution in [0.4, 0.5) is 35.0 Å². The number of rotatable bonds is 6. The maximum absolute atomic E-state index is 13.6. The fraction of sp³-hybridized carbons (Fsp3) is 0.167. The van der Waals surface area contributed by atoms with Crippen molar-refractivity contribution in [3.63, 3.8) is 0 Å². The van der Waals surface area contributed by atoms with Crippen LogP contribution in [0.1, 0.15) is 11.1 Å². The summed E-state index contributed by atoms with van der Waals surface area (Å²) < 4.78 is 51.9. The fourth-order valence-corrected chi connectivity index (χ4v) is 2.37. The van der Waals surface area contributed by atoms with Gasteiger partial charge in [-0.2, -0.15) is 23.3 Å². The first-order valence-electron chi connectivity index (χ1n) is 8.03. The van der Waals surface area contributed by atoms with E-state index in [9.17, 15) is 17.6 Å². The van der Waals surface area contributed by atoms with Gasteiger partial charge < -0.3 is 10.6 Å². The predicted molar refractivity (Wildman–Crippen MR) is 93.1 cm³/mol. The van der Waals surface area contributed by atoms with Crippen LogP contribution in [0.5, 0.6) is 0 Å². The second-order valence-electron chi connectivity index (χ2n) is 5.64. The van der Waals surface area contributed by atoms with Gasteiger partial charge in [-0.15, -0.1) is 5.10 Å². The normalized spacial score (nSPS) is 11.3. The van der Waals surface area contributed by atoms with E-state index in [0.29, 0.717) is 18.5 Å². The van der Waals surface area contributed by atoms with Crippen LogP contribution < -0.4 is 10.6 Å². The fourth-order valence-electron chi connectivity index (χ4n) is 2.37. The van der Waals surface area contributed by atoms with E-state index in [4.69, 9.17) is 0 Å². The van der Waals surface area contributed by atoms with Gasteiger partial charge in [-0.3, -0.25) is 0 Å². The lowest BCUT2D eigenvalue weighted by Gasteiger charge is -2.10. The molecule has 1 aromatic heterocycles. The Balaban J connectivity index is 1.63. The van der Waals surface area contributed by atoms with Crippen LogP contribution >= 0.6 is 0 Å². The highest BCUT2D eigenvalue weighted by Gasteiger charge is 2.30. The zero-order valence-electron chi connectivity index (χ0n) is 14.0. The molecule has 9 heteroatoms. The van der Waals surface area contributed by atoms with Crippen molar-refractivity contribution in [1.82, 2.24) is 15.2 Å². The third-order valence-electron chi connectivity index (χ3n) is 3.66. The van der Waals surface area contributed by atoms with Crippen molar-refractivity contribution in [1.29, 1.82) is 0 Å². The Morgan fingerprint density at radius 2 is 1.81 bits per heavy atom. The van der Waals surface area contributed by atoms with Crippen LogP contribution in [-0.2, 0) is 12.6 Å². The molecule has 0 aliphatic carbocycles. The Labute approximate surface area is 152 Å². The van der Waals surface area contributed by atoms with E-state index >= 15 is 0 Å². The Morgan fingerprint density at radius 3 is 2.59 bits per heavy atom. The molecule has 0 amide bonds. The Morgan fingerprint density at radius 1 is 1.00 bits per heavy atom. The van der Waals surface area contributed by atoms with Gasteiger partial charge in [0.25, 0.3) is 0 Å². The number of aromatic nitrogens is 3. The van der Waals surface area contributed by atoms with Crippen LogP contribution in [0.15, 0.2) is 54.7 Å². The van der Waals surface area contributed by atoms with E-state index < -0.39 is 11.7 Å². The molecule has 5 nitrogen and oxygen atoms in total. The first-order valence-corrected chi connectivity index (χ1v) is 8.03.